The number of aliphatic carboxylic acids is 1. The van der Waals surface area contributed by atoms with Crippen molar-refractivity contribution in [3.63, 3.8) is 0 Å². The molecule has 1 saturated carbocycles. The minimum atomic E-state index is -0.793. The number of benzene rings is 1. The van der Waals surface area contributed by atoms with Gasteiger partial charge in [0.15, 0.2) is 0 Å². The van der Waals surface area contributed by atoms with Crippen molar-refractivity contribution in [3.05, 3.63) is 42.0 Å². The summed E-state index contributed by atoms with van der Waals surface area (Å²) in [6, 6.07) is 5.36. The highest BCUT2D eigenvalue weighted by Gasteiger charge is 2.35. The van der Waals surface area contributed by atoms with Crippen LogP contribution >= 0.6 is 0 Å². The molecule has 0 spiro atoms. The average Bonchev–Trinajstić information content (AvgIpc) is 2.95. The van der Waals surface area contributed by atoms with Crippen LogP contribution in [0.4, 0.5) is 0 Å². The molecule has 114 valence electrons. The molecule has 1 amide bonds. The molecule has 1 aromatic heterocycles. The summed E-state index contributed by atoms with van der Waals surface area (Å²) in [4.78, 5) is 26.9. The number of carboxylic acid groups (broad SMARTS) is 1. The van der Waals surface area contributed by atoms with E-state index in [1.54, 1.807) is 23.1 Å². The van der Waals surface area contributed by atoms with Gasteiger partial charge in [-0.15, -0.1) is 0 Å². The number of hydrogen-bond acceptors (Lipinski definition) is 4. The first-order valence-electron chi connectivity index (χ1n) is 7.04. The first kappa shape index (κ1) is 14.2. The number of carboxylic acids is 1. The van der Waals surface area contributed by atoms with Crippen LogP contribution in [0.2, 0.25) is 0 Å². The lowest BCUT2D eigenvalue weighted by Gasteiger charge is -2.33. The van der Waals surface area contributed by atoms with Crippen molar-refractivity contribution in [1.82, 2.24) is 20.1 Å². The second-order valence-corrected chi connectivity index (χ2v) is 5.52. The first-order valence-corrected chi connectivity index (χ1v) is 7.04. The third-order valence-corrected chi connectivity index (χ3v) is 3.96. The highest BCUT2D eigenvalue weighted by Crippen LogP contribution is 2.28. The molecular weight excluding hydrogens is 284 g/mol. The van der Waals surface area contributed by atoms with Crippen molar-refractivity contribution < 1.29 is 14.7 Å². The average molecular weight is 300 g/mol. The van der Waals surface area contributed by atoms with Crippen LogP contribution in [0.5, 0.6) is 0 Å². The SMILES string of the molecule is Cc1cc(-n2cncn2)ccc1C(=O)NC1CC(C(=O)O)C1. The molecule has 1 aromatic carbocycles. The lowest BCUT2D eigenvalue weighted by atomic mass is 9.80. The van der Waals surface area contributed by atoms with Gasteiger partial charge in [-0.1, -0.05) is 0 Å². The molecule has 0 aliphatic heterocycles. The third-order valence-electron chi connectivity index (χ3n) is 3.96. The number of carbonyl (C=O) groups is 2. The van der Waals surface area contributed by atoms with Crippen LogP contribution in [-0.2, 0) is 4.79 Å². The van der Waals surface area contributed by atoms with Crippen LogP contribution < -0.4 is 5.32 Å². The van der Waals surface area contributed by atoms with E-state index in [1.807, 2.05) is 13.0 Å². The third kappa shape index (κ3) is 2.69. The maximum Gasteiger partial charge on any atom is 0.306 e. The number of aryl methyl sites for hydroxylation is 1. The fourth-order valence-corrected chi connectivity index (χ4v) is 2.59. The molecule has 2 aromatic rings. The van der Waals surface area contributed by atoms with Crippen molar-refractivity contribution in [3.8, 4) is 5.69 Å². The zero-order valence-corrected chi connectivity index (χ0v) is 12.1. The van der Waals surface area contributed by atoms with Crippen molar-refractivity contribution in [2.75, 3.05) is 0 Å². The van der Waals surface area contributed by atoms with E-state index in [0.29, 0.717) is 18.4 Å². The van der Waals surface area contributed by atoms with Crippen molar-refractivity contribution in [1.29, 1.82) is 0 Å². The Morgan fingerprint density at radius 2 is 2.14 bits per heavy atom. The van der Waals surface area contributed by atoms with Gasteiger partial charge in [0.05, 0.1) is 11.6 Å². The molecule has 7 nitrogen and oxygen atoms in total. The predicted molar refractivity (Wildman–Crippen MR) is 77.7 cm³/mol. The van der Waals surface area contributed by atoms with Gasteiger partial charge in [-0.25, -0.2) is 9.67 Å². The van der Waals surface area contributed by atoms with E-state index in [4.69, 9.17) is 5.11 Å². The van der Waals surface area contributed by atoms with Crippen LogP contribution in [-0.4, -0.2) is 37.8 Å². The molecule has 0 saturated heterocycles. The fraction of sp³-hybridized carbons (Fsp3) is 0.333. The summed E-state index contributed by atoms with van der Waals surface area (Å²) in [6.45, 7) is 1.86. The number of carbonyl (C=O) groups excluding carboxylic acids is 1. The Labute approximate surface area is 127 Å². The lowest BCUT2D eigenvalue weighted by molar-refractivity contribution is -0.145. The molecule has 22 heavy (non-hydrogen) atoms. The van der Waals surface area contributed by atoms with Crippen LogP contribution in [0.3, 0.4) is 0 Å². The normalized spacial score (nSPS) is 20.2. The largest absolute Gasteiger partial charge is 0.481 e. The van der Waals surface area contributed by atoms with Crippen molar-refractivity contribution in [2.45, 2.75) is 25.8 Å². The molecule has 0 radical (unpaired) electrons. The maximum atomic E-state index is 12.2. The van der Waals surface area contributed by atoms with E-state index in [2.05, 4.69) is 15.4 Å². The second-order valence-electron chi connectivity index (χ2n) is 5.52. The smallest absolute Gasteiger partial charge is 0.306 e. The van der Waals surface area contributed by atoms with Gasteiger partial charge < -0.3 is 10.4 Å². The predicted octanol–water partition coefficient (Wildman–Crippen LogP) is 1.17. The van der Waals surface area contributed by atoms with E-state index >= 15 is 0 Å². The molecule has 0 atom stereocenters. The molecule has 1 heterocycles. The highest BCUT2D eigenvalue weighted by molar-refractivity contribution is 5.96. The number of rotatable bonds is 4. The van der Waals surface area contributed by atoms with Gasteiger partial charge in [0.2, 0.25) is 0 Å². The van der Waals surface area contributed by atoms with E-state index in [1.165, 1.54) is 6.33 Å². The van der Waals surface area contributed by atoms with Crippen LogP contribution in [0, 0.1) is 12.8 Å². The number of hydrogen-bond donors (Lipinski definition) is 2. The molecule has 1 fully saturated rings. The standard InChI is InChI=1S/C15H16N4O3/c1-9-4-12(19-8-16-7-17-19)2-3-13(9)14(20)18-11-5-10(6-11)15(21)22/h2-4,7-8,10-11H,5-6H2,1H3,(H,18,20)(H,21,22). The first-order chi connectivity index (χ1) is 10.5. The van der Waals surface area contributed by atoms with E-state index in [9.17, 15) is 9.59 Å². The zero-order chi connectivity index (χ0) is 15.7. The zero-order valence-electron chi connectivity index (χ0n) is 12.1. The Balaban J connectivity index is 1.67. The highest BCUT2D eigenvalue weighted by atomic mass is 16.4. The monoisotopic (exact) mass is 300 g/mol. The molecular formula is C15H16N4O3. The number of aromatic nitrogens is 3. The Hall–Kier alpha value is -2.70. The minimum absolute atomic E-state index is 0.0528. The van der Waals surface area contributed by atoms with E-state index in [0.717, 1.165) is 11.3 Å². The van der Waals surface area contributed by atoms with Gasteiger partial charge in [0.1, 0.15) is 12.7 Å². The topological polar surface area (TPSA) is 97.1 Å². The van der Waals surface area contributed by atoms with Crippen molar-refractivity contribution >= 4 is 11.9 Å². The minimum Gasteiger partial charge on any atom is -0.481 e. The molecule has 0 unspecified atom stereocenters. The second kappa shape index (κ2) is 5.59. The Kier molecular flexibility index (Phi) is 3.62. The number of nitrogens with zero attached hydrogens (tertiary/aromatic N) is 3. The van der Waals surface area contributed by atoms with E-state index < -0.39 is 5.97 Å². The summed E-state index contributed by atoms with van der Waals surface area (Å²) in [5, 5.41) is 15.8. The summed E-state index contributed by atoms with van der Waals surface area (Å²) in [5.74, 6) is -1.29. The quantitative estimate of drug-likeness (QED) is 0.883. The molecule has 7 heteroatoms. The van der Waals surface area contributed by atoms with Crippen LogP contribution in [0.15, 0.2) is 30.9 Å². The number of nitrogens with one attached hydrogen (secondary N) is 1. The summed E-state index contributed by atoms with van der Waals surface area (Å²) in [6.07, 6.45) is 4.04. The summed E-state index contributed by atoms with van der Waals surface area (Å²) < 4.78 is 1.62. The van der Waals surface area contributed by atoms with Gasteiger partial charge >= 0.3 is 5.97 Å². The summed E-state index contributed by atoms with van der Waals surface area (Å²) >= 11 is 0. The van der Waals surface area contributed by atoms with Crippen LogP contribution in [0.25, 0.3) is 5.69 Å². The van der Waals surface area contributed by atoms with Crippen LogP contribution in [0.1, 0.15) is 28.8 Å². The summed E-state index contributed by atoms with van der Waals surface area (Å²) in [5.41, 5.74) is 2.25. The molecule has 1 aliphatic rings. The molecule has 0 bridgehead atoms. The van der Waals surface area contributed by atoms with E-state index in [-0.39, 0.29) is 17.9 Å². The summed E-state index contributed by atoms with van der Waals surface area (Å²) in [7, 11) is 0. The number of amides is 1. The maximum absolute atomic E-state index is 12.2. The molecule has 2 N–H and O–H groups in total. The van der Waals surface area contributed by atoms with Gasteiger partial charge in [-0.05, 0) is 43.5 Å². The Morgan fingerprint density at radius 1 is 1.36 bits per heavy atom. The van der Waals surface area contributed by atoms with Gasteiger partial charge in [-0.3, -0.25) is 9.59 Å². The molecule has 1 aliphatic carbocycles. The lowest BCUT2D eigenvalue weighted by Crippen LogP contribution is -2.46. The Bertz CT molecular complexity index is 706. The van der Waals surface area contributed by atoms with Crippen molar-refractivity contribution in [2.24, 2.45) is 5.92 Å². The fourth-order valence-electron chi connectivity index (χ4n) is 2.59. The van der Waals surface area contributed by atoms with Gasteiger partial charge in [0.25, 0.3) is 5.91 Å². The Morgan fingerprint density at radius 3 is 2.73 bits per heavy atom. The van der Waals surface area contributed by atoms with Gasteiger partial charge in [-0.2, -0.15) is 5.10 Å². The molecule has 3 rings (SSSR count). The van der Waals surface area contributed by atoms with Gasteiger partial charge in [0, 0.05) is 11.6 Å².